The summed E-state index contributed by atoms with van der Waals surface area (Å²) in [5, 5.41) is 0. The van der Waals surface area contributed by atoms with E-state index in [1.807, 2.05) is 24.0 Å². The van der Waals surface area contributed by atoms with Gasteiger partial charge in [-0.25, -0.2) is 0 Å². The maximum absolute atomic E-state index is 13.0. The summed E-state index contributed by atoms with van der Waals surface area (Å²) < 4.78 is 11.6. The van der Waals surface area contributed by atoms with Crippen molar-refractivity contribution in [3.63, 3.8) is 0 Å². The fourth-order valence-electron chi connectivity index (χ4n) is 3.57. The quantitative estimate of drug-likeness (QED) is 0.703. The van der Waals surface area contributed by atoms with Gasteiger partial charge in [0.1, 0.15) is 6.61 Å². The predicted octanol–water partition coefficient (Wildman–Crippen LogP) is 2.75. The topological polar surface area (TPSA) is 72.0 Å². The molecule has 158 valence electrons. The van der Waals surface area contributed by atoms with Crippen LogP contribution < -0.4 is 9.47 Å². The molecule has 30 heavy (non-hydrogen) atoms. The van der Waals surface area contributed by atoms with Crippen LogP contribution in [0.25, 0.3) is 0 Å². The van der Waals surface area contributed by atoms with Crippen molar-refractivity contribution in [1.82, 2.24) is 14.8 Å². The maximum Gasteiger partial charge on any atom is 0.254 e. The first kappa shape index (κ1) is 20.2. The van der Waals surface area contributed by atoms with Crippen LogP contribution in [-0.2, 0) is 11.4 Å². The number of rotatable bonds is 7. The molecule has 7 heteroatoms. The van der Waals surface area contributed by atoms with Crippen molar-refractivity contribution in [2.75, 3.05) is 32.8 Å². The second-order valence-corrected chi connectivity index (χ2v) is 7.64. The summed E-state index contributed by atoms with van der Waals surface area (Å²) in [5.41, 5.74) is 1.52. The van der Waals surface area contributed by atoms with Crippen LogP contribution in [0.5, 0.6) is 11.5 Å². The highest BCUT2D eigenvalue weighted by molar-refractivity contribution is 5.95. The number of amides is 2. The van der Waals surface area contributed by atoms with E-state index in [9.17, 15) is 9.59 Å². The molecule has 1 aromatic carbocycles. The molecule has 1 saturated heterocycles. The largest absolute Gasteiger partial charge is 0.490 e. The molecular formula is C23H27N3O4. The minimum atomic E-state index is -0.0479. The van der Waals surface area contributed by atoms with Crippen LogP contribution >= 0.6 is 0 Å². The molecule has 2 fully saturated rings. The lowest BCUT2D eigenvalue weighted by Gasteiger charge is -2.35. The number of nitrogens with zero attached hydrogens (tertiary/aromatic N) is 3. The van der Waals surface area contributed by atoms with E-state index in [1.54, 1.807) is 35.5 Å². The van der Waals surface area contributed by atoms with Gasteiger partial charge in [-0.1, -0.05) is 6.07 Å². The van der Waals surface area contributed by atoms with Crippen molar-refractivity contribution in [2.24, 2.45) is 5.92 Å². The van der Waals surface area contributed by atoms with Crippen molar-refractivity contribution in [1.29, 1.82) is 0 Å². The Hall–Kier alpha value is -3.09. The highest BCUT2D eigenvalue weighted by Crippen LogP contribution is 2.32. The molecule has 0 spiro atoms. The second-order valence-electron chi connectivity index (χ2n) is 7.64. The SMILES string of the molecule is CCOc1cc(C(=O)N2CCN(C(=O)C3CC3)CC2)ccc1OCc1cccnc1. The fraction of sp³-hybridized carbons (Fsp3) is 0.435. The van der Waals surface area contributed by atoms with Gasteiger partial charge in [-0.05, 0) is 44.0 Å². The van der Waals surface area contributed by atoms with E-state index in [-0.39, 0.29) is 17.7 Å². The first-order valence-electron chi connectivity index (χ1n) is 10.5. The summed E-state index contributed by atoms with van der Waals surface area (Å²) in [6.45, 7) is 5.06. The lowest BCUT2D eigenvalue weighted by Crippen LogP contribution is -2.51. The third-order valence-electron chi connectivity index (χ3n) is 5.41. The average molecular weight is 409 g/mol. The van der Waals surface area contributed by atoms with Crippen LogP contribution in [0.2, 0.25) is 0 Å². The van der Waals surface area contributed by atoms with Gasteiger partial charge in [0.05, 0.1) is 6.61 Å². The Kier molecular flexibility index (Phi) is 6.16. The number of piperazine rings is 1. The summed E-state index contributed by atoms with van der Waals surface area (Å²) in [7, 11) is 0. The number of benzene rings is 1. The Labute approximate surface area is 176 Å². The van der Waals surface area contributed by atoms with E-state index in [1.165, 1.54) is 0 Å². The summed E-state index contributed by atoms with van der Waals surface area (Å²) in [5.74, 6) is 1.57. The molecule has 1 saturated carbocycles. The molecule has 0 radical (unpaired) electrons. The molecule has 1 aliphatic heterocycles. The van der Waals surface area contributed by atoms with Gasteiger partial charge >= 0.3 is 0 Å². The maximum atomic E-state index is 13.0. The zero-order valence-electron chi connectivity index (χ0n) is 17.3. The number of hydrogen-bond donors (Lipinski definition) is 0. The highest BCUT2D eigenvalue weighted by Gasteiger charge is 2.35. The van der Waals surface area contributed by atoms with E-state index in [0.29, 0.717) is 56.5 Å². The molecule has 2 aromatic rings. The number of carbonyl (C=O) groups is 2. The molecule has 1 aromatic heterocycles. The van der Waals surface area contributed by atoms with E-state index in [4.69, 9.17) is 9.47 Å². The van der Waals surface area contributed by atoms with Crippen LogP contribution in [-0.4, -0.2) is 59.4 Å². The smallest absolute Gasteiger partial charge is 0.254 e. The summed E-state index contributed by atoms with van der Waals surface area (Å²) in [4.78, 5) is 33.0. The number of ether oxygens (including phenoxy) is 2. The highest BCUT2D eigenvalue weighted by atomic mass is 16.5. The Morgan fingerprint density at radius 3 is 2.47 bits per heavy atom. The Morgan fingerprint density at radius 2 is 1.80 bits per heavy atom. The zero-order chi connectivity index (χ0) is 20.9. The van der Waals surface area contributed by atoms with E-state index >= 15 is 0 Å². The van der Waals surface area contributed by atoms with E-state index < -0.39 is 0 Å². The number of aromatic nitrogens is 1. The van der Waals surface area contributed by atoms with Crippen LogP contribution in [0.4, 0.5) is 0 Å². The predicted molar refractivity (Wildman–Crippen MR) is 111 cm³/mol. The normalized spacial score (nSPS) is 16.3. The summed E-state index contributed by atoms with van der Waals surface area (Å²) >= 11 is 0. The fourth-order valence-corrected chi connectivity index (χ4v) is 3.57. The first-order valence-corrected chi connectivity index (χ1v) is 10.5. The summed E-state index contributed by atoms with van der Waals surface area (Å²) in [6.07, 6.45) is 5.49. The number of carbonyl (C=O) groups excluding carboxylic acids is 2. The molecule has 2 amide bonds. The molecule has 0 atom stereocenters. The Balaban J connectivity index is 1.40. The van der Waals surface area contributed by atoms with Gasteiger partial charge in [0.2, 0.25) is 5.91 Å². The van der Waals surface area contributed by atoms with Crippen molar-refractivity contribution < 1.29 is 19.1 Å². The first-order chi connectivity index (χ1) is 14.7. The van der Waals surface area contributed by atoms with Crippen LogP contribution in [0.15, 0.2) is 42.7 Å². The van der Waals surface area contributed by atoms with Crippen LogP contribution in [0, 0.1) is 5.92 Å². The standard InChI is InChI=1S/C23H27N3O4/c1-2-29-21-14-19(7-8-20(21)30-16-17-4-3-9-24-15-17)23(28)26-12-10-25(11-13-26)22(27)18-5-6-18/h3-4,7-9,14-15,18H,2,5-6,10-13,16H2,1H3. The van der Waals surface area contributed by atoms with Gasteiger partial charge < -0.3 is 19.3 Å². The molecule has 2 aliphatic rings. The van der Waals surface area contributed by atoms with Gasteiger partial charge in [-0.3, -0.25) is 14.6 Å². The Bertz CT molecular complexity index is 891. The molecular weight excluding hydrogens is 382 g/mol. The van der Waals surface area contributed by atoms with Crippen molar-refractivity contribution in [3.8, 4) is 11.5 Å². The van der Waals surface area contributed by atoms with Gasteiger partial charge in [0.25, 0.3) is 5.91 Å². The molecule has 2 heterocycles. The van der Waals surface area contributed by atoms with E-state index in [0.717, 1.165) is 18.4 Å². The molecule has 7 nitrogen and oxygen atoms in total. The third kappa shape index (κ3) is 4.72. The number of hydrogen-bond acceptors (Lipinski definition) is 5. The zero-order valence-corrected chi connectivity index (χ0v) is 17.3. The number of pyridine rings is 1. The Morgan fingerprint density at radius 1 is 1.03 bits per heavy atom. The molecule has 0 bridgehead atoms. The molecule has 1 aliphatic carbocycles. The molecule has 0 N–H and O–H groups in total. The monoisotopic (exact) mass is 409 g/mol. The third-order valence-corrected chi connectivity index (χ3v) is 5.41. The average Bonchev–Trinajstić information content (AvgIpc) is 3.64. The van der Waals surface area contributed by atoms with Gasteiger partial charge in [0, 0.05) is 55.6 Å². The van der Waals surface area contributed by atoms with Crippen molar-refractivity contribution in [3.05, 3.63) is 53.9 Å². The minimum absolute atomic E-state index is 0.0479. The molecule has 0 unspecified atom stereocenters. The van der Waals surface area contributed by atoms with Gasteiger partial charge in [-0.15, -0.1) is 0 Å². The lowest BCUT2D eigenvalue weighted by atomic mass is 10.1. The minimum Gasteiger partial charge on any atom is -0.490 e. The van der Waals surface area contributed by atoms with Gasteiger partial charge in [0.15, 0.2) is 11.5 Å². The second kappa shape index (κ2) is 9.15. The van der Waals surface area contributed by atoms with E-state index in [2.05, 4.69) is 4.98 Å². The van der Waals surface area contributed by atoms with Gasteiger partial charge in [-0.2, -0.15) is 0 Å². The lowest BCUT2D eigenvalue weighted by molar-refractivity contribution is -0.134. The van der Waals surface area contributed by atoms with Crippen LogP contribution in [0.3, 0.4) is 0 Å². The van der Waals surface area contributed by atoms with Crippen molar-refractivity contribution in [2.45, 2.75) is 26.4 Å². The van der Waals surface area contributed by atoms with Crippen LogP contribution in [0.1, 0.15) is 35.7 Å². The molecule has 4 rings (SSSR count). The summed E-state index contributed by atoms with van der Waals surface area (Å²) in [6, 6.07) is 9.10. The van der Waals surface area contributed by atoms with Crippen molar-refractivity contribution >= 4 is 11.8 Å².